The summed E-state index contributed by atoms with van der Waals surface area (Å²) in [6.07, 6.45) is 0.155. The molecule has 1 fully saturated rings. The van der Waals surface area contributed by atoms with Crippen LogP contribution in [0.1, 0.15) is 27.4 Å². The van der Waals surface area contributed by atoms with Crippen molar-refractivity contribution in [2.45, 2.75) is 20.3 Å². The maximum Gasteiger partial charge on any atom is 0.289 e. The molecule has 0 atom stereocenters. The Morgan fingerprint density at radius 2 is 2.00 bits per heavy atom. The second-order valence-corrected chi connectivity index (χ2v) is 6.90. The highest BCUT2D eigenvalue weighted by Gasteiger charge is 2.18. The number of thiazole rings is 1. The zero-order valence-corrected chi connectivity index (χ0v) is 15.9. The second kappa shape index (κ2) is 7.83. The van der Waals surface area contributed by atoms with Crippen molar-refractivity contribution in [2.24, 2.45) is 7.05 Å². The third kappa shape index (κ3) is 4.02. The van der Waals surface area contributed by atoms with Crippen LogP contribution >= 0.6 is 11.3 Å². The van der Waals surface area contributed by atoms with Crippen LogP contribution in [0.3, 0.4) is 0 Å². The minimum Gasteiger partial charge on any atom is -0.378 e. The number of carbonyl (C=O) groups excluding carboxylic acids is 2. The first-order valence-electron chi connectivity index (χ1n) is 8.32. The minimum atomic E-state index is -0.436. The summed E-state index contributed by atoms with van der Waals surface area (Å²) in [6, 6.07) is 0. The second-order valence-electron chi connectivity index (χ2n) is 6.07. The van der Waals surface area contributed by atoms with Gasteiger partial charge < -0.3 is 9.64 Å². The van der Waals surface area contributed by atoms with Crippen LogP contribution in [0.5, 0.6) is 0 Å². The number of hydrazine groups is 1. The molecule has 0 bridgehead atoms. The molecule has 0 aliphatic carbocycles. The van der Waals surface area contributed by atoms with Gasteiger partial charge in [-0.05, 0) is 13.8 Å². The lowest BCUT2D eigenvalue weighted by Crippen LogP contribution is -2.42. The number of ether oxygens (including phenoxy) is 1. The summed E-state index contributed by atoms with van der Waals surface area (Å²) in [7, 11) is 1.83. The van der Waals surface area contributed by atoms with E-state index in [0.717, 1.165) is 35.2 Å². The molecule has 0 radical (unpaired) electrons. The van der Waals surface area contributed by atoms with Crippen LogP contribution in [0.4, 0.5) is 5.13 Å². The molecule has 2 aromatic rings. The first-order valence-corrected chi connectivity index (χ1v) is 9.20. The monoisotopic (exact) mass is 378 g/mol. The van der Waals surface area contributed by atoms with E-state index in [4.69, 9.17) is 4.74 Å². The average molecular weight is 378 g/mol. The molecule has 2 N–H and O–H groups in total. The number of aromatic nitrogens is 3. The molecule has 9 nitrogen and oxygen atoms in total. The van der Waals surface area contributed by atoms with E-state index in [1.165, 1.54) is 11.3 Å². The predicted molar refractivity (Wildman–Crippen MR) is 97.1 cm³/mol. The van der Waals surface area contributed by atoms with Gasteiger partial charge in [-0.2, -0.15) is 5.10 Å². The third-order valence-electron chi connectivity index (χ3n) is 4.32. The van der Waals surface area contributed by atoms with E-state index in [-0.39, 0.29) is 18.0 Å². The maximum atomic E-state index is 12.2. The molecule has 2 amide bonds. The Kier molecular flexibility index (Phi) is 5.52. The number of hydrogen-bond acceptors (Lipinski definition) is 7. The summed E-state index contributed by atoms with van der Waals surface area (Å²) in [6.45, 7) is 6.60. The highest BCUT2D eigenvalue weighted by Crippen LogP contribution is 2.21. The van der Waals surface area contributed by atoms with Crippen molar-refractivity contribution in [2.75, 3.05) is 31.2 Å². The third-order valence-corrected chi connectivity index (χ3v) is 5.22. The standard InChI is InChI=1S/C16H22N6O3S/c1-10-12(11(2)21(3)20-10)8-14(23)18-19-15(24)13-9-26-16(17-13)22-4-6-25-7-5-22/h9H,4-8H2,1-3H3,(H,18,23)(H,19,24). The van der Waals surface area contributed by atoms with Crippen molar-refractivity contribution in [1.29, 1.82) is 0 Å². The zero-order chi connectivity index (χ0) is 18.7. The van der Waals surface area contributed by atoms with E-state index in [2.05, 4.69) is 25.8 Å². The number of aryl methyl sites for hydroxylation is 2. The van der Waals surface area contributed by atoms with Crippen molar-refractivity contribution in [3.63, 3.8) is 0 Å². The van der Waals surface area contributed by atoms with Gasteiger partial charge in [0.05, 0.1) is 25.3 Å². The summed E-state index contributed by atoms with van der Waals surface area (Å²) in [5.74, 6) is -0.741. The molecular formula is C16H22N6O3S. The Hall–Kier alpha value is -2.46. The van der Waals surface area contributed by atoms with E-state index < -0.39 is 5.91 Å². The molecule has 0 spiro atoms. The molecule has 3 rings (SSSR count). The van der Waals surface area contributed by atoms with E-state index in [1.807, 2.05) is 20.9 Å². The predicted octanol–water partition coefficient (Wildman–Crippen LogP) is 0.334. The Bertz CT molecular complexity index is 809. The Morgan fingerprint density at radius 1 is 1.27 bits per heavy atom. The maximum absolute atomic E-state index is 12.2. The number of anilines is 1. The molecular weight excluding hydrogens is 356 g/mol. The van der Waals surface area contributed by atoms with Crippen LogP contribution in [-0.2, 0) is 23.0 Å². The van der Waals surface area contributed by atoms with Crippen LogP contribution in [0.2, 0.25) is 0 Å². The van der Waals surface area contributed by atoms with Crippen LogP contribution in [0.25, 0.3) is 0 Å². The SMILES string of the molecule is Cc1nn(C)c(C)c1CC(=O)NNC(=O)c1csc(N2CCOCC2)n1. The number of morpholine rings is 1. The van der Waals surface area contributed by atoms with Gasteiger partial charge in [0.2, 0.25) is 5.91 Å². The largest absolute Gasteiger partial charge is 0.378 e. The average Bonchev–Trinajstić information content (AvgIpc) is 3.22. The summed E-state index contributed by atoms with van der Waals surface area (Å²) in [5, 5.41) is 6.75. The van der Waals surface area contributed by atoms with Crippen LogP contribution in [0.15, 0.2) is 5.38 Å². The van der Waals surface area contributed by atoms with Crippen molar-refractivity contribution >= 4 is 28.3 Å². The number of carbonyl (C=O) groups is 2. The van der Waals surface area contributed by atoms with Gasteiger partial charge in [-0.15, -0.1) is 11.3 Å². The van der Waals surface area contributed by atoms with E-state index >= 15 is 0 Å². The Morgan fingerprint density at radius 3 is 2.65 bits per heavy atom. The van der Waals surface area contributed by atoms with Crippen LogP contribution in [0, 0.1) is 13.8 Å². The number of nitrogens with one attached hydrogen (secondary N) is 2. The topological polar surface area (TPSA) is 101 Å². The van der Waals surface area contributed by atoms with Gasteiger partial charge in [-0.1, -0.05) is 0 Å². The van der Waals surface area contributed by atoms with Crippen LogP contribution in [-0.4, -0.2) is 52.9 Å². The van der Waals surface area contributed by atoms with Crippen molar-refractivity contribution in [3.05, 3.63) is 28.0 Å². The van der Waals surface area contributed by atoms with Gasteiger partial charge in [0.1, 0.15) is 5.69 Å². The minimum absolute atomic E-state index is 0.155. The Balaban J connectivity index is 1.53. The number of rotatable bonds is 4. The first-order chi connectivity index (χ1) is 12.5. The molecule has 26 heavy (non-hydrogen) atoms. The van der Waals surface area contributed by atoms with Gasteiger partial charge in [0, 0.05) is 36.8 Å². The lowest BCUT2D eigenvalue weighted by Gasteiger charge is -2.25. The number of amides is 2. The van der Waals surface area contributed by atoms with Crippen molar-refractivity contribution in [3.8, 4) is 0 Å². The molecule has 0 aromatic carbocycles. The van der Waals surface area contributed by atoms with Crippen molar-refractivity contribution < 1.29 is 14.3 Å². The van der Waals surface area contributed by atoms with Gasteiger partial charge in [-0.25, -0.2) is 4.98 Å². The fourth-order valence-electron chi connectivity index (χ4n) is 2.74. The van der Waals surface area contributed by atoms with Crippen molar-refractivity contribution in [1.82, 2.24) is 25.6 Å². The lowest BCUT2D eigenvalue weighted by atomic mass is 10.1. The fraction of sp³-hybridized carbons (Fsp3) is 0.500. The molecule has 2 aromatic heterocycles. The molecule has 0 unspecified atom stereocenters. The molecule has 140 valence electrons. The summed E-state index contributed by atoms with van der Waals surface area (Å²) >= 11 is 1.40. The smallest absolute Gasteiger partial charge is 0.289 e. The van der Waals surface area contributed by atoms with Crippen LogP contribution < -0.4 is 15.8 Å². The normalized spacial score (nSPS) is 14.3. The molecule has 1 saturated heterocycles. The highest BCUT2D eigenvalue weighted by molar-refractivity contribution is 7.13. The summed E-state index contributed by atoms with van der Waals surface area (Å²) < 4.78 is 7.04. The Labute approximate surface area is 155 Å². The summed E-state index contributed by atoms with van der Waals surface area (Å²) in [5.41, 5.74) is 7.74. The molecule has 0 saturated carbocycles. The van der Waals surface area contributed by atoms with Gasteiger partial charge in [0.15, 0.2) is 5.13 Å². The first kappa shape index (κ1) is 18.3. The van der Waals surface area contributed by atoms with E-state index in [9.17, 15) is 9.59 Å². The molecule has 1 aliphatic heterocycles. The quantitative estimate of drug-likeness (QED) is 0.744. The van der Waals surface area contributed by atoms with Gasteiger partial charge in [0.25, 0.3) is 5.91 Å². The van der Waals surface area contributed by atoms with Gasteiger partial charge in [-0.3, -0.25) is 25.1 Å². The molecule has 10 heteroatoms. The lowest BCUT2D eigenvalue weighted by molar-refractivity contribution is -0.121. The molecule has 3 heterocycles. The summed E-state index contributed by atoms with van der Waals surface area (Å²) in [4.78, 5) is 30.7. The highest BCUT2D eigenvalue weighted by atomic mass is 32.1. The fourth-order valence-corrected chi connectivity index (χ4v) is 3.60. The number of hydrogen-bond donors (Lipinski definition) is 2. The van der Waals surface area contributed by atoms with Gasteiger partial charge >= 0.3 is 0 Å². The number of nitrogens with zero attached hydrogens (tertiary/aromatic N) is 4. The molecule has 1 aliphatic rings. The van der Waals surface area contributed by atoms with E-state index in [1.54, 1.807) is 10.1 Å². The van der Waals surface area contributed by atoms with E-state index in [0.29, 0.717) is 13.2 Å². The zero-order valence-electron chi connectivity index (χ0n) is 15.0.